The number of ether oxygens (including phenoxy) is 1. The summed E-state index contributed by atoms with van der Waals surface area (Å²) in [5.74, 6) is 0. The first kappa shape index (κ1) is 25.8. The van der Waals surface area contributed by atoms with Crippen LogP contribution in [0.25, 0.3) is 0 Å². The van der Waals surface area contributed by atoms with E-state index in [0.29, 0.717) is 18.6 Å². The van der Waals surface area contributed by atoms with Crippen LogP contribution in [0, 0.1) is 0 Å². The number of nitrogens with two attached hydrogens (primary N) is 1. The van der Waals surface area contributed by atoms with Gasteiger partial charge in [0.15, 0.2) is 0 Å². The number of hydrogen-bond acceptors (Lipinski definition) is 2. The Morgan fingerprint density at radius 2 is 1.15 bits per heavy atom. The van der Waals surface area contributed by atoms with E-state index in [1.165, 1.54) is 0 Å². The Morgan fingerprint density at radius 1 is 0.706 bits per heavy atom. The van der Waals surface area contributed by atoms with Gasteiger partial charge in [-0.1, -0.05) is 67.6 Å². The van der Waals surface area contributed by atoms with Crippen molar-refractivity contribution in [2.24, 2.45) is 5.73 Å². The van der Waals surface area contributed by atoms with Gasteiger partial charge in [0.1, 0.15) is 6.23 Å². The second-order valence-corrected chi connectivity index (χ2v) is 8.14. The summed E-state index contributed by atoms with van der Waals surface area (Å²) in [5, 5.41) is 0. The molecular formula is C26H25F6NO. The number of benzene rings is 3. The third kappa shape index (κ3) is 5.98. The van der Waals surface area contributed by atoms with Crippen molar-refractivity contribution in [2.45, 2.75) is 50.4 Å². The van der Waals surface area contributed by atoms with E-state index in [-0.39, 0.29) is 18.1 Å². The second-order valence-electron chi connectivity index (χ2n) is 8.14. The topological polar surface area (TPSA) is 35.2 Å². The van der Waals surface area contributed by atoms with Crippen LogP contribution in [-0.4, -0.2) is 6.23 Å². The molecule has 0 radical (unpaired) electrons. The van der Waals surface area contributed by atoms with Crippen molar-refractivity contribution in [1.82, 2.24) is 0 Å². The molecular weight excluding hydrogens is 456 g/mol. The summed E-state index contributed by atoms with van der Waals surface area (Å²) >= 11 is 0. The lowest BCUT2D eigenvalue weighted by Crippen LogP contribution is -2.37. The van der Waals surface area contributed by atoms with Gasteiger partial charge in [0.2, 0.25) is 0 Å². The largest absolute Gasteiger partial charge is 0.416 e. The van der Waals surface area contributed by atoms with Crippen LogP contribution >= 0.6 is 0 Å². The Labute approximate surface area is 194 Å². The van der Waals surface area contributed by atoms with E-state index in [2.05, 4.69) is 0 Å². The molecule has 0 aliphatic heterocycles. The van der Waals surface area contributed by atoms with Crippen molar-refractivity contribution in [3.63, 3.8) is 0 Å². The Kier molecular flexibility index (Phi) is 7.73. The fraction of sp³-hybridized carbons (Fsp3) is 0.308. The molecule has 0 aliphatic carbocycles. The highest BCUT2D eigenvalue weighted by Crippen LogP contribution is 2.40. The van der Waals surface area contributed by atoms with Crippen molar-refractivity contribution >= 4 is 0 Å². The van der Waals surface area contributed by atoms with Crippen LogP contribution < -0.4 is 5.73 Å². The van der Waals surface area contributed by atoms with Gasteiger partial charge in [-0.15, -0.1) is 0 Å². The predicted octanol–water partition coefficient (Wildman–Crippen LogP) is 7.31. The molecule has 182 valence electrons. The zero-order valence-corrected chi connectivity index (χ0v) is 18.5. The van der Waals surface area contributed by atoms with Gasteiger partial charge in [0, 0.05) is 11.8 Å². The Bertz CT molecular complexity index is 992. The van der Waals surface area contributed by atoms with Gasteiger partial charge < -0.3 is 10.5 Å². The van der Waals surface area contributed by atoms with E-state index in [4.69, 9.17) is 10.5 Å². The van der Waals surface area contributed by atoms with E-state index < -0.39 is 41.7 Å². The molecule has 0 aliphatic rings. The molecule has 0 spiro atoms. The number of alkyl halides is 6. The Hall–Kier alpha value is -2.84. The highest BCUT2D eigenvalue weighted by molar-refractivity contribution is 5.39. The summed E-state index contributed by atoms with van der Waals surface area (Å²) in [4.78, 5) is 0. The number of rotatable bonds is 8. The summed E-state index contributed by atoms with van der Waals surface area (Å²) in [5.41, 5.74) is 4.65. The summed E-state index contributed by atoms with van der Waals surface area (Å²) < 4.78 is 84.5. The van der Waals surface area contributed by atoms with E-state index >= 15 is 0 Å². The molecule has 8 heteroatoms. The zero-order chi connectivity index (χ0) is 25.0. The first-order valence-electron chi connectivity index (χ1n) is 10.7. The molecule has 0 saturated carbocycles. The van der Waals surface area contributed by atoms with Gasteiger partial charge in [-0.25, -0.2) is 0 Å². The standard InChI is InChI=1S/C26H25F6NO/c1-2-24(19-9-5-3-6-10-19,20-11-7-4-8-12-20)16-23(33)34-17-18-13-21(25(27,28)29)15-22(14-18)26(30,31)32/h3-15,23H,2,16-17,33H2,1H3. The summed E-state index contributed by atoms with van der Waals surface area (Å²) in [6.07, 6.45) is -9.85. The lowest BCUT2D eigenvalue weighted by Gasteiger charge is -2.36. The maximum Gasteiger partial charge on any atom is 0.416 e. The maximum absolute atomic E-state index is 13.1. The molecule has 0 bridgehead atoms. The highest BCUT2D eigenvalue weighted by Gasteiger charge is 2.37. The van der Waals surface area contributed by atoms with Crippen molar-refractivity contribution < 1.29 is 31.1 Å². The average molecular weight is 481 g/mol. The van der Waals surface area contributed by atoms with E-state index in [1.807, 2.05) is 67.6 Å². The first-order chi connectivity index (χ1) is 16.0. The average Bonchev–Trinajstić information content (AvgIpc) is 2.81. The quantitative estimate of drug-likeness (QED) is 0.270. The van der Waals surface area contributed by atoms with E-state index in [9.17, 15) is 26.3 Å². The maximum atomic E-state index is 13.1. The molecule has 1 unspecified atom stereocenters. The lowest BCUT2D eigenvalue weighted by atomic mass is 9.70. The molecule has 0 saturated heterocycles. The molecule has 0 heterocycles. The molecule has 34 heavy (non-hydrogen) atoms. The monoisotopic (exact) mass is 481 g/mol. The fourth-order valence-corrected chi connectivity index (χ4v) is 4.18. The fourth-order valence-electron chi connectivity index (χ4n) is 4.18. The van der Waals surface area contributed by atoms with Crippen LogP contribution in [-0.2, 0) is 29.1 Å². The second kappa shape index (κ2) is 10.2. The lowest BCUT2D eigenvalue weighted by molar-refractivity contribution is -0.143. The van der Waals surface area contributed by atoms with Gasteiger partial charge >= 0.3 is 12.4 Å². The van der Waals surface area contributed by atoms with Crippen LogP contribution in [0.3, 0.4) is 0 Å². The van der Waals surface area contributed by atoms with E-state index in [1.54, 1.807) is 0 Å². The van der Waals surface area contributed by atoms with Gasteiger partial charge in [0.05, 0.1) is 17.7 Å². The smallest absolute Gasteiger partial charge is 0.359 e. The van der Waals surface area contributed by atoms with Crippen LogP contribution in [0.2, 0.25) is 0 Å². The molecule has 0 aromatic heterocycles. The predicted molar refractivity (Wildman–Crippen MR) is 118 cm³/mol. The zero-order valence-electron chi connectivity index (χ0n) is 18.5. The van der Waals surface area contributed by atoms with E-state index in [0.717, 1.165) is 11.1 Å². The van der Waals surface area contributed by atoms with Crippen LogP contribution in [0.4, 0.5) is 26.3 Å². The Morgan fingerprint density at radius 3 is 1.53 bits per heavy atom. The van der Waals surface area contributed by atoms with Crippen LogP contribution in [0.5, 0.6) is 0 Å². The number of hydrogen-bond donors (Lipinski definition) is 1. The van der Waals surface area contributed by atoms with Gasteiger partial charge in [-0.05, 0) is 41.3 Å². The first-order valence-corrected chi connectivity index (χ1v) is 10.7. The van der Waals surface area contributed by atoms with Gasteiger partial charge in [-0.2, -0.15) is 26.3 Å². The molecule has 0 fully saturated rings. The summed E-state index contributed by atoms with van der Waals surface area (Å²) in [7, 11) is 0. The van der Waals surface area contributed by atoms with Crippen molar-refractivity contribution in [3.8, 4) is 0 Å². The van der Waals surface area contributed by atoms with Crippen molar-refractivity contribution in [3.05, 3.63) is 107 Å². The third-order valence-electron chi connectivity index (χ3n) is 5.92. The summed E-state index contributed by atoms with van der Waals surface area (Å²) in [6, 6.07) is 20.6. The molecule has 3 aromatic rings. The normalized spacial score (nSPS) is 13.6. The molecule has 1 atom stereocenters. The van der Waals surface area contributed by atoms with Crippen molar-refractivity contribution in [2.75, 3.05) is 0 Å². The molecule has 0 amide bonds. The Balaban J connectivity index is 1.87. The minimum Gasteiger partial charge on any atom is -0.359 e. The third-order valence-corrected chi connectivity index (χ3v) is 5.92. The van der Waals surface area contributed by atoms with Crippen molar-refractivity contribution in [1.29, 1.82) is 0 Å². The molecule has 2 nitrogen and oxygen atoms in total. The molecule has 3 aromatic carbocycles. The van der Waals surface area contributed by atoms with Gasteiger partial charge in [0.25, 0.3) is 0 Å². The summed E-state index contributed by atoms with van der Waals surface area (Å²) in [6.45, 7) is 1.51. The highest BCUT2D eigenvalue weighted by atomic mass is 19.4. The van der Waals surface area contributed by atoms with Crippen LogP contribution in [0.15, 0.2) is 78.9 Å². The molecule has 2 N–H and O–H groups in total. The van der Waals surface area contributed by atoms with Crippen LogP contribution in [0.1, 0.15) is 47.6 Å². The SMILES string of the molecule is CCC(CC(N)OCc1cc(C(F)(F)F)cc(C(F)(F)F)c1)(c1ccccc1)c1ccccc1. The number of halogens is 6. The minimum absolute atomic E-state index is 0.0936. The minimum atomic E-state index is -4.92. The van der Waals surface area contributed by atoms with Gasteiger partial charge in [-0.3, -0.25) is 0 Å². The molecule has 3 rings (SSSR count).